The summed E-state index contributed by atoms with van der Waals surface area (Å²) in [5.41, 5.74) is 0. The largest absolute Gasteiger partial charge is 0.257 e. The third-order valence-corrected chi connectivity index (χ3v) is 18.3. The summed E-state index contributed by atoms with van der Waals surface area (Å²) in [7, 11) is 0. The van der Waals surface area contributed by atoms with E-state index < -0.39 is 24.4 Å². The molecule has 0 spiro atoms. The second-order valence-corrected chi connectivity index (χ2v) is 21.9. The molecule has 1 atom stereocenters. The van der Waals surface area contributed by atoms with Crippen molar-refractivity contribution in [3.8, 4) is 0 Å². The van der Waals surface area contributed by atoms with Crippen molar-refractivity contribution in [1.82, 2.24) is 5.09 Å². The summed E-state index contributed by atoms with van der Waals surface area (Å²) in [6, 6.07) is 0. The minimum Gasteiger partial charge on any atom is -0.253 e. The van der Waals surface area contributed by atoms with Gasteiger partial charge in [0.25, 0.3) is 17.7 Å². The van der Waals surface area contributed by atoms with E-state index in [9.17, 15) is 0 Å². The lowest BCUT2D eigenvalue weighted by atomic mass is 10.3. The minimum absolute atomic E-state index is 0.560. The number of nitrogens with one attached hydrogen (secondary N) is 1. The summed E-state index contributed by atoms with van der Waals surface area (Å²) in [6.07, 6.45) is 1.82. The van der Waals surface area contributed by atoms with E-state index in [-0.39, 0.29) is 0 Å². The number of rotatable bonds is 4. The molecule has 5 nitrogen and oxygen atoms in total. The highest BCUT2D eigenvalue weighted by Crippen LogP contribution is 2.86. The summed E-state index contributed by atoms with van der Waals surface area (Å²) in [6.45, 7) is -0.421. The zero-order valence-corrected chi connectivity index (χ0v) is 18.7. The van der Waals surface area contributed by atoms with Crippen LogP contribution in [-0.4, -0.2) is 6.54 Å². The lowest BCUT2D eigenvalue weighted by Gasteiger charge is -2.21. The van der Waals surface area contributed by atoms with E-state index in [0.717, 1.165) is 12.8 Å². The van der Waals surface area contributed by atoms with E-state index in [1.807, 2.05) is 6.92 Å². The molecule has 0 bridgehead atoms. The Morgan fingerprint density at radius 2 is 1.20 bits per heavy atom. The minimum atomic E-state index is -3.23. The van der Waals surface area contributed by atoms with E-state index in [2.05, 4.69) is 23.1 Å². The molecule has 0 saturated carbocycles. The molecule has 1 heterocycles. The van der Waals surface area contributed by atoms with Gasteiger partial charge in [-0.25, -0.2) is 0 Å². The van der Waals surface area contributed by atoms with Gasteiger partial charge < -0.3 is 0 Å². The van der Waals surface area contributed by atoms with Gasteiger partial charge in [0.2, 0.25) is 6.71 Å². The molecule has 0 aliphatic carbocycles. The van der Waals surface area contributed by atoms with Crippen LogP contribution < -0.4 is 5.09 Å². The Morgan fingerprint density at radius 3 is 1.70 bits per heavy atom. The van der Waals surface area contributed by atoms with Gasteiger partial charge in [-0.3, -0.25) is 5.09 Å². The van der Waals surface area contributed by atoms with E-state index in [1.54, 1.807) is 0 Å². The molecule has 0 aromatic carbocycles. The molecule has 1 rings (SSSR count). The van der Waals surface area contributed by atoms with Gasteiger partial charge in [0.1, 0.15) is 0 Å². The predicted octanol–water partition coefficient (Wildman–Crippen LogP) is 9.85. The van der Waals surface area contributed by atoms with Gasteiger partial charge in [-0.2, -0.15) is 18.1 Å². The van der Waals surface area contributed by atoms with Gasteiger partial charge in [-0.1, -0.05) is 13.3 Å². The molecule has 1 aliphatic rings. The van der Waals surface area contributed by atoms with Crippen LogP contribution in [0.1, 0.15) is 19.8 Å². The third-order valence-electron chi connectivity index (χ3n) is 1.73. The fourth-order valence-corrected chi connectivity index (χ4v) is 24.6. The average molecular weight is 500 g/mol. The van der Waals surface area contributed by atoms with Crippen molar-refractivity contribution in [2.75, 3.05) is 6.54 Å². The highest BCUT2D eigenvalue weighted by Gasteiger charge is 2.31. The Hall–Kier alpha value is 2.91. The van der Waals surface area contributed by atoms with Gasteiger partial charge in [0.15, 0.2) is 0 Å². The number of hydrogen-bond donors (Lipinski definition) is 1. The van der Waals surface area contributed by atoms with Gasteiger partial charge in [0, 0.05) is 6.54 Å². The van der Waals surface area contributed by atoms with Crippen LogP contribution >= 0.6 is 103 Å². The molecule has 0 radical (unpaired) electrons. The van der Waals surface area contributed by atoms with Crippen molar-refractivity contribution in [3.05, 3.63) is 0 Å². The second-order valence-electron chi connectivity index (χ2n) is 3.51. The fraction of sp³-hybridized carbons (Fsp3) is 1.00. The molecule has 0 aromatic heterocycles. The number of hydrogen-bond acceptors (Lipinski definition) is 5. The van der Waals surface area contributed by atoms with Gasteiger partial charge in [-0.05, 0) is 85.1 Å². The average Bonchev–Trinajstić information content (AvgIpc) is 2.08. The van der Waals surface area contributed by atoms with E-state index in [0.29, 0.717) is 6.54 Å². The Kier molecular flexibility index (Phi) is 8.24. The Morgan fingerprint density at radius 1 is 0.750 bits per heavy atom. The topological polar surface area (TPSA) is 61.5 Å². The standard InChI is InChI=1S/C4H10Cl7N5P4/c1-2-3-4-12-20(11)15-18(7,8)13-17(5,6)14-19(9,10)16-20/h12H,2-4H2,1H3. The first-order valence-corrected chi connectivity index (χ1v) is 18.2. The first kappa shape index (κ1) is 21.0. The summed E-state index contributed by atoms with van der Waals surface area (Å²) in [4.78, 5) is 0. The summed E-state index contributed by atoms with van der Waals surface area (Å²) < 4.78 is 15.9. The van der Waals surface area contributed by atoms with Crippen molar-refractivity contribution >= 4 is 103 Å². The maximum atomic E-state index is 6.34. The molecular weight excluding hydrogens is 490 g/mol. The SMILES string of the molecule is CCCCNP1(Cl)=NP(Cl)(Cl)=NP(Cl)(Cl)=NP(Cl)(Cl)=N1. The van der Waals surface area contributed by atoms with Crippen LogP contribution in [0.25, 0.3) is 0 Å². The lowest BCUT2D eigenvalue weighted by Crippen LogP contribution is -2.07. The molecule has 1 N–H and O–H groups in total. The maximum Gasteiger partial charge on any atom is 0.257 e. The Labute approximate surface area is 151 Å². The molecule has 1 unspecified atom stereocenters. The maximum absolute atomic E-state index is 6.34. The van der Waals surface area contributed by atoms with Crippen molar-refractivity contribution in [3.63, 3.8) is 0 Å². The summed E-state index contributed by atoms with van der Waals surface area (Å²) in [5, 5.41) is 2.97. The summed E-state index contributed by atoms with van der Waals surface area (Å²) in [5.74, 6) is -9.65. The quantitative estimate of drug-likeness (QED) is 0.303. The normalized spacial score (nSPS) is 30.8. The van der Waals surface area contributed by atoms with E-state index in [4.69, 9.17) is 78.7 Å². The summed E-state index contributed by atoms with van der Waals surface area (Å²) >= 11 is 42.3. The first-order valence-electron chi connectivity index (χ1n) is 5.07. The number of nitrogens with zero attached hydrogens (tertiary/aromatic N) is 4. The first-order chi connectivity index (χ1) is 8.89. The van der Waals surface area contributed by atoms with Crippen LogP contribution in [-0.2, 0) is 0 Å². The van der Waals surface area contributed by atoms with Crippen LogP contribution in [0.4, 0.5) is 0 Å². The Bertz CT molecular complexity index is 580. The molecule has 120 valence electrons. The molecular formula is C4H10Cl7N5P4. The third kappa shape index (κ3) is 7.65. The van der Waals surface area contributed by atoms with Gasteiger partial charge >= 0.3 is 0 Å². The Balaban J connectivity index is 3.39. The molecule has 20 heavy (non-hydrogen) atoms. The molecule has 16 heteroatoms. The number of halogens is 7. The van der Waals surface area contributed by atoms with Crippen molar-refractivity contribution in [2.45, 2.75) is 19.8 Å². The zero-order valence-electron chi connectivity index (χ0n) is 9.84. The van der Waals surface area contributed by atoms with Crippen LogP contribution in [0.2, 0.25) is 0 Å². The molecule has 0 amide bonds. The zero-order chi connectivity index (χ0) is 15.7. The molecule has 0 aromatic rings. The van der Waals surface area contributed by atoms with Crippen LogP contribution in [0.3, 0.4) is 0 Å². The van der Waals surface area contributed by atoms with E-state index in [1.165, 1.54) is 0 Å². The van der Waals surface area contributed by atoms with E-state index >= 15 is 0 Å². The predicted molar refractivity (Wildman–Crippen MR) is 101 cm³/mol. The van der Waals surface area contributed by atoms with Crippen LogP contribution in [0.15, 0.2) is 18.1 Å². The molecule has 1 aliphatic heterocycles. The smallest absolute Gasteiger partial charge is 0.253 e. The van der Waals surface area contributed by atoms with Crippen molar-refractivity contribution < 1.29 is 0 Å². The fourth-order valence-electron chi connectivity index (χ4n) is 1.08. The number of unbranched alkanes of at least 4 members (excludes halogenated alkanes) is 1. The highest BCUT2D eigenvalue weighted by molar-refractivity contribution is 8.24. The molecule has 0 saturated heterocycles. The van der Waals surface area contributed by atoms with Crippen molar-refractivity contribution in [1.29, 1.82) is 0 Å². The lowest BCUT2D eigenvalue weighted by molar-refractivity contribution is 0.771. The van der Waals surface area contributed by atoms with Crippen LogP contribution in [0.5, 0.6) is 0 Å². The second kappa shape index (κ2) is 7.86. The van der Waals surface area contributed by atoms with Crippen molar-refractivity contribution in [2.24, 2.45) is 18.1 Å². The monoisotopic (exact) mass is 497 g/mol. The van der Waals surface area contributed by atoms with Crippen LogP contribution in [0, 0.1) is 0 Å². The van der Waals surface area contributed by atoms with Gasteiger partial charge in [-0.15, -0.1) is 0 Å². The van der Waals surface area contributed by atoms with Gasteiger partial charge in [0.05, 0.1) is 0 Å². The highest BCUT2D eigenvalue weighted by atomic mass is 35.9. The molecule has 0 fully saturated rings.